The molecule has 0 heterocycles. The zero-order chi connectivity index (χ0) is 17.2. The van der Waals surface area contributed by atoms with Crippen molar-refractivity contribution >= 4 is 10.4 Å². The minimum absolute atomic E-state index is 0.826. The molecule has 5 heteroatoms. The summed E-state index contributed by atoms with van der Waals surface area (Å²) in [5.74, 6) is 0. The molecule has 0 fully saturated rings. The number of rotatable bonds is 16. The maximum atomic E-state index is 11.4. The fourth-order valence-corrected chi connectivity index (χ4v) is 2.58. The molecule has 136 valence electrons. The molecule has 4 nitrogen and oxygen atoms in total. The van der Waals surface area contributed by atoms with Gasteiger partial charge in [-0.1, -0.05) is 65.2 Å². The molecule has 0 aromatic carbocycles. The third-order valence-corrected chi connectivity index (χ3v) is 4.18. The monoisotopic (exact) mass is 346 g/mol. The van der Waals surface area contributed by atoms with Crippen LogP contribution in [0.1, 0.15) is 90.9 Å². The lowest BCUT2D eigenvalue weighted by Crippen LogP contribution is -2.02. The molecule has 23 heavy (non-hydrogen) atoms. The first kappa shape index (κ1) is 22.0. The predicted molar refractivity (Wildman–Crippen MR) is 96.1 cm³/mol. The summed E-state index contributed by atoms with van der Waals surface area (Å²) in [6.45, 7) is 4.36. The van der Waals surface area contributed by atoms with Crippen molar-refractivity contribution in [2.24, 2.45) is 0 Å². The van der Waals surface area contributed by atoms with Crippen molar-refractivity contribution in [2.75, 3.05) is 0 Å². The molecule has 0 bridgehead atoms. The van der Waals surface area contributed by atoms with Crippen molar-refractivity contribution in [3.8, 4) is 0 Å². The summed E-state index contributed by atoms with van der Waals surface area (Å²) in [6.07, 6.45) is 19.4. The van der Waals surface area contributed by atoms with E-state index in [0.717, 1.165) is 25.7 Å². The molecule has 0 unspecified atom stereocenters. The Morgan fingerprint density at radius 1 is 0.652 bits per heavy atom. The van der Waals surface area contributed by atoms with E-state index in [0.29, 0.717) is 0 Å². The molecular weight excluding hydrogens is 312 g/mol. The van der Waals surface area contributed by atoms with Gasteiger partial charge in [-0.05, 0) is 37.8 Å². The SMILES string of the molecule is CCCCCCC/C=C/OS(=O)(=O)O/C=C/CCCCCCC. The van der Waals surface area contributed by atoms with E-state index in [-0.39, 0.29) is 0 Å². The van der Waals surface area contributed by atoms with Gasteiger partial charge in [-0.25, -0.2) is 0 Å². The summed E-state index contributed by atoms with van der Waals surface area (Å²) in [7, 11) is -3.96. The normalized spacial score (nSPS) is 12.3. The molecule has 0 aliphatic carbocycles. The van der Waals surface area contributed by atoms with E-state index in [4.69, 9.17) is 0 Å². The van der Waals surface area contributed by atoms with Gasteiger partial charge in [0.25, 0.3) is 0 Å². The largest absolute Gasteiger partial charge is 0.499 e. The average Bonchev–Trinajstić information content (AvgIpc) is 2.52. The maximum absolute atomic E-state index is 11.4. The molecule has 0 atom stereocenters. The van der Waals surface area contributed by atoms with Gasteiger partial charge in [-0.3, -0.25) is 0 Å². The standard InChI is InChI=1S/C18H34O4S/c1-3-5-7-9-11-13-15-17-21-23(19,20)22-18-16-14-12-10-8-6-4-2/h15-18H,3-14H2,1-2H3/b17-15+,18-16+. The van der Waals surface area contributed by atoms with Crippen LogP contribution in [0.15, 0.2) is 24.7 Å². The van der Waals surface area contributed by atoms with Crippen LogP contribution < -0.4 is 0 Å². The van der Waals surface area contributed by atoms with Gasteiger partial charge in [-0.15, -0.1) is 8.42 Å². The van der Waals surface area contributed by atoms with Crippen LogP contribution >= 0.6 is 0 Å². The first-order chi connectivity index (χ1) is 11.1. The third-order valence-electron chi connectivity index (χ3n) is 3.49. The molecule has 0 saturated heterocycles. The van der Waals surface area contributed by atoms with Crippen LogP contribution in [-0.4, -0.2) is 8.42 Å². The number of allylic oxidation sites excluding steroid dienone is 2. The van der Waals surface area contributed by atoms with Crippen molar-refractivity contribution in [1.29, 1.82) is 0 Å². The second-order valence-electron chi connectivity index (χ2n) is 5.75. The molecule has 0 N–H and O–H groups in total. The van der Waals surface area contributed by atoms with E-state index in [2.05, 4.69) is 22.2 Å². The lowest BCUT2D eigenvalue weighted by atomic mass is 10.1. The van der Waals surface area contributed by atoms with Gasteiger partial charge < -0.3 is 8.37 Å². The molecule has 0 amide bonds. The van der Waals surface area contributed by atoms with Crippen LogP contribution in [0, 0.1) is 0 Å². The molecule has 0 aromatic rings. The molecule has 0 rings (SSSR count). The van der Waals surface area contributed by atoms with Crippen LogP contribution in [0.4, 0.5) is 0 Å². The molecule has 0 saturated carbocycles. The van der Waals surface area contributed by atoms with E-state index in [1.807, 2.05) is 0 Å². The van der Waals surface area contributed by atoms with Crippen LogP contribution in [0.2, 0.25) is 0 Å². The Hall–Kier alpha value is -0.970. The Labute approximate surface area is 143 Å². The molecular formula is C18H34O4S. The van der Waals surface area contributed by atoms with Crippen molar-refractivity contribution in [3.63, 3.8) is 0 Å². The highest BCUT2D eigenvalue weighted by Crippen LogP contribution is 2.07. The van der Waals surface area contributed by atoms with Gasteiger partial charge in [0.05, 0.1) is 0 Å². The van der Waals surface area contributed by atoms with Crippen LogP contribution in [0.25, 0.3) is 0 Å². The topological polar surface area (TPSA) is 52.6 Å². The average molecular weight is 347 g/mol. The fourth-order valence-electron chi connectivity index (χ4n) is 2.10. The quantitative estimate of drug-likeness (QED) is 0.253. The molecule has 0 aliphatic rings. The van der Waals surface area contributed by atoms with Crippen LogP contribution in [0.5, 0.6) is 0 Å². The number of unbranched alkanes of at least 4 members (excludes halogenated alkanes) is 10. The van der Waals surface area contributed by atoms with Gasteiger partial charge in [0.2, 0.25) is 0 Å². The zero-order valence-electron chi connectivity index (χ0n) is 14.8. The minimum atomic E-state index is -3.96. The third kappa shape index (κ3) is 17.2. The highest BCUT2D eigenvalue weighted by atomic mass is 32.3. The van der Waals surface area contributed by atoms with Gasteiger partial charge >= 0.3 is 10.4 Å². The summed E-state index contributed by atoms with van der Waals surface area (Å²) < 4.78 is 32.1. The van der Waals surface area contributed by atoms with Crippen molar-refractivity contribution < 1.29 is 16.8 Å². The lowest BCUT2D eigenvalue weighted by Gasteiger charge is -2.00. The van der Waals surface area contributed by atoms with Crippen molar-refractivity contribution in [1.82, 2.24) is 0 Å². The second kappa shape index (κ2) is 15.9. The molecule has 0 radical (unpaired) electrons. The molecule has 0 spiro atoms. The van der Waals surface area contributed by atoms with Gasteiger partial charge in [0.15, 0.2) is 0 Å². The number of hydrogen-bond acceptors (Lipinski definition) is 4. The van der Waals surface area contributed by atoms with Crippen molar-refractivity contribution in [2.45, 2.75) is 90.9 Å². The first-order valence-corrected chi connectivity index (χ1v) is 10.4. The smallest absolute Gasteiger partial charge is 0.361 e. The van der Waals surface area contributed by atoms with Gasteiger partial charge in [0.1, 0.15) is 12.5 Å². The second-order valence-corrected chi connectivity index (χ2v) is 6.95. The summed E-state index contributed by atoms with van der Waals surface area (Å²) in [5.41, 5.74) is 0. The lowest BCUT2D eigenvalue weighted by molar-refractivity contribution is 0.334. The molecule has 0 aliphatic heterocycles. The van der Waals surface area contributed by atoms with Crippen LogP contribution in [0.3, 0.4) is 0 Å². The van der Waals surface area contributed by atoms with Crippen molar-refractivity contribution in [3.05, 3.63) is 24.7 Å². The maximum Gasteiger partial charge on any atom is 0.499 e. The van der Waals surface area contributed by atoms with E-state index in [1.165, 1.54) is 63.9 Å². The Morgan fingerprint density at radius 2 is 1.04 bits per heavy atom. The predicted octanol–water partition coefficient (Wildman–Crippen LogP) is 6.01. The summed E-state index contributed by atoms with van der Waals surface area (Å²) in [4.78, 5) is 0. The first-order valence-electron chi connectivity index (χ1n) is 9.04. The summed E-state index contributed by atoms with van der Waals surface area (Å²) >= 11 is 0. The van der Waals surface area contributed by atoms with E-state index >= 15 is 0 Å². The Morgan fingerprint density at radius 3 is 1.43 bits per heavy atom. The Bertz CT molecular complexity index is 367. The highest BCUT2D eigenvalue weighted by Gasteiger charge is 2.07. The van der Waals surface area contributed by atoms with E-state index in [9.17, 15) is 8.42 Å². The number of hydrogen-bond donors (Lipinski definition) is 0. The summed E-state index contributed by atoms with van der Waals surface area (Å²) in [5, 5.41) is 0. The van der Waals surface area contributed by atoms with Crippen LogP contribution in [-0.2, 0) is 18.8 Å². The summed E-state index contributed by atoms with van der Waals surface area (Å²) in [6, 6.07) is 0. The zero-order valence-corrected chi connectivity index (χ0v) is 15.7. The van der Waals surface area contributed by atoms with Gasteiger partial charge in [-0.2, -0.15) is 0 Å². The Balaban J connectivity index is 3.63. The minimum Gasteiger partial charge on any atom is -0.361 e. The van der Waals surface area contributed by atoms with E-state index < -0.39 is 10.4 Å². The molecule has 0 aromatic heterocycles. The highest BCUT2D eigenvalue weighted by molar-refractivity contribution is 7.82. The van der Waals surface area contributed by atoms with E-state index in [1.54, 1.807) is 12.2 Å². The van der Waals surface area contributed by atoms with Gasteiger partial charge in [0, 0.05) is 0 Å². The fraction of sp³-hybridized carbons (Fsp3) is 0.778. The Kier molecular flexibility index (Phi) is 15.2.